The van der Waals surface area contributed by atoms with Crippen molar-refractivity contribution >= 4 is 0 Å². The van der Waals surface area contributed by atoms with Crippen molar-refractivity contribution in [1.82, 2.24) is 4.98 Å². The van der Waals surface area contributed by atoms with Crippen LogP contribution in [0.1, 0.15) is 31.5 Å². The zero-order valence-corrected chi connectivity index (χ0v) is 7.96. The van der Waals surface area contributed by atoms with Gasteiger partial charge in [0, 0.05) is 17.4 Å². The molecule has 2 heteroatoms. The van der Waals surface area contributed by atoms with Gasteiger partial charge in [0.1, 0.15) is 0 Å². The van der Waals surface area contributed by atoms with E-state index in [0.29, 0.717) is 0 Å². The summed E-state index contributed by atoms with van der Waals surface area (Å²) >= 11 is 0. The summed E-state index contributed by atoms with van der Waals surface area (Å²) in [4.78, 5) is 4.13. The van der Waals surface area contributed by atoms with Crippen molar-refractivity contribution in [3.8, 4) is 0 Å². The minimum absolute atomic E-state index is 0.215. The van der Waals surface area contributed by atoms with Gasteiger partial charge in [-0.1, -0.05) is 6.92 Å². The van der Waals surface area contributed by atoms with Crippen molar-refractivity contribution in [3.05, 3.63) is 29.6 Å². The molecule has 1 aromatic heterocycles. The molecular weight excluding hydrogens is 148 g/mol. The fourth-order valence-electron chi connectivity index (χ4n) is 1.10. The molecule has 0 bridgehead atoms. The Labute approximate surface area is 73.8 Å². The van der Waals surface area contributed by atoms with E-state index in [0.717, 1.165) is 17.7 Å². The van der Waals surface area contributed by atoms with Gasteiger partial charge in [-0.15, -0.1) is 0 Å². The van der Waals surface area contributed by atoms with Crippen LogP contribution in [-0.4, -0.2) is 4.98 Å². The topological polar surface area (TPSA) is 38.9 Å². The fourth-order valence-corrected chi connectivity index (χ4v) is 1.10. The third kappa shape index (κ3) is 1.83. The molecule has 2 nitrogen and oxygen atoms in total. The van der Waals surface area contributed by atoms with Gasteiger partial charge < -0.3 is 5.73 Å². The fraction of sp³-hybridized carbons (Fsp3) is 0.500. The first-order valence-electron chi connectivity index (χ1n) is 4.28. The van der Waals surface area contributed by atoms with Crippen molar-refractivity contribution in [3.63, 3.8) is 0 Å². The van der Waals surface area contributed by atoms with Gasteiger partial charge in [-0.05, 0) is 38.0 Å². The van der Waals surface area contributed by atoms with Gasteiger partial charge in [0.15, 0.2) is 0 Å². The predicted octanol–water partition coefficient (Wildman–Crippen LogP) is 1.97. The van der Waals surface area contributed by atoms with Crippen molar-refractivity contribution in [2.75, 3.05) is 0 Å². The maximum Gasteiger partial charge on any atom is 0.0379 e. The predicted molar refractivity (Wildman–Crippen MR) is 50.8 cm³/mol. The van der Waals surface area contributed by atoms with Crippen LogP contribution in [0.2, 0.25) is 0 Å². The maximum atomic E-state index is 6.08. The molecule has 0 aliphatic heterocycles. The number of pyridine rings is 1. The SMILES string of the molecule is CCC(C)(N)c1ccnc(C)c1. The van der Waals surface area contributed by atoms with Gasteiger partial charge in [-0.2, -0.15) is 0 Å². The van der Waals surface area contributed by atoms with Gasteiger partial charge in [0.25, 0.3) is 0 Å². The minimum Gasteiger partial charge on any atom is -0.322 e. The highest BCUT2D eigenvalue weighted by atomic mass is 14.7. The van der Waals surface area contributed by atoms with Crippen molar-refractivity contribution in [2.45, 2.75) is 32.7 Å². The van der Waals surface area contributed by atoms with E-state index >= 15 is 0 Å². The third-order valence-electron chi connectivity index (χ3n) is 2.29. The van der Waals surface area contributed by atoms with Crippen LogP contribution in [0.4, 0.5) is 0 Å². The van der Waals surface area contributed by atoms with Crippen LogP contribution in [0, 0.1) is 6.92 Å². The molecule has 0 aromatic carbocycles. The second-order valence-corrected chi connectivity index (χ2v) is 3.46. The zero-order chi connectivity index (χ0) is 9.19. The Hall–Kier alpha value is -0.890. The summed E-state index contributed by atoms with van der Waals surface area (Å²) in [5.74, 6) is 0. The molecule has 0 spiro atoms. The van der Waals surface area contributed by atoms with Crippen molar-refractivity contribution in [2.24, 2.45) is 5.73 Å². The largest absolute Gasteiger partial charge is 0.322 e. The zero-order valence-electron chi connectivity index (χ0n) is 7.96. The molecule has 2 N–H and O–H groups in total. The Balaban J connectivity index is 3.03. The van der Waals surface area contributed by atoms with Gasteiger partial charge in [-0.25, -0.2) is 0 Å². The number of aryl methyl sites for hydroxylation is 1. The third-order valence-corrected chi connectivity index (χ3v) is 2.29. The summed E-state index contributed by atoms with van der Waals surface area (Å²) in [6.45, 7) is 6.12. The van der Waals surface area contributed by atoms with Crippen LogP contribution in [0.15, 0.2) is 18.3 Å². The summed E-state index contributed by atoms with van der Waals surface area (Å²) in [7, 11) is 0. The van der Waals surface area contributed by atoms with E-state index in [4.69, 9.17) is 5.73 Å². The number of nitrogens with two attached hydrogens (primary N) is 1. The highest BCUT2D eigenvalue weighted by Crippen LogP contribution is 2.20. The molecule has 0 fully saturated rings. The summed E-state index contributed by atoms with van der Waals surface area (Å²) < 4.78 is 0. The van der Waals surface area contributed by atoms with Crippen LogP contribution >= 0.6 is 0 Å². The lowest BCUT2D eigenvalue weighted by Crippen LogP contribution is -2.31. The molecule has 1 aromatic rings. The lowest BCUT2D eigenvalue weighted by molar-refractivity contribution is 0.475. The quantitative estimate of drug-likeness (QED) is 0.725. The van der Waals surface area contributed by atoms with Gasteiger partial charge in [-0.3, -0.25) is 4.98 Å². The highest BCUT2D eigenvalue weighted by molar-refractivity contribution is 5.23. The van der Waals surface area contributed by atoms with Gasteiger partial charge in [0.05, 0.1) is 0 Å². The molecule has 0 aliphatic rings. The molecule has 1 rings (SSSR count). The van der Waals surface area contributed by atoms with Crippen LogP contribution in [0.25, 0.3) is 0 Å². The summed E-state index contributed by atoms with van der Waals surface area (Å²) in [5, 5.41) is 0. The molecule has 1 heterocycles. The number of nitrogens with zero attached hydrogens (tertiary/aromatic N) is 1. The first-order chi connectivity index (χ1) is 5.56. The average molecular weight is 164 g/mol. The van der Waals surface area contributed by atoms with Crippen LogP contribution in [-0.2, 0) is 5.54 Å². The molecule has 0 radical (unpaired) electrons. The molecular formula is C10H16N2. The Morgan fingerprint density at radius 3 is 2.75 bits per heavy atom. The number of hydrogen-bond acceptors (Lipinski definition) is 2. The van der Waals surface area contributed by atoms with E-state index in [1.807, 2.05) is 32.2 Å². The molecule has 0 aliphatic carbocycles. The summed E-state index contributed by atoms with van der Waals surface area (Å²) in [5.41, 5.74) is 8.05. The number of aromatic nitrogens is 1. The molecule has 0 amide bonds. The van der Waals surface area contributed by atoms with Crippen molar-refractivity contribution < 1.29 is 0 Å². The molecule has 0 saturated carbocycles. The van der Waals surface area contributed by atoms with Crippen LogP contribution in [0.5, 0.6) is 0 Å². The Morgan fingerprint density at radius 2 is 2.25 bits per heavy atom. The normalized spacial score (nSPS) is 15.7. The standard InChI is InChI=1S/C10H16N2/c1-4-10(3,11)9-5-6-12-8(2)7-9/h5-7H,4,11H2,1-3H3. The van der Waals surface area contributed by atoms with E-state index in [1.54, 1.807) is 0 Å². The monoisotopic (exact) mass is 164 g/mol. The van der Waals surface area contributed by atoms with Gasteiger partial charge >= 0.3 is 0 Å². The smallest absolute Gasteiger partial charge is 0.0379 e. The van der Waals surface area contributed by atoms with E-state index < -0.39 is 0 Å². The van der Waals surface area contributed by atoms with E-state index in [9.17, 15) is 0 Å². The number of rotatable bonds is 2. The van der Waals surface area contributed by atoms with Crippen LogP contribution < -0.4 is 5.73 Å². The first kappa shape index (κ1) is 9.20. The second-order valence-electron chi connectivity index (χ2n) is 3.46. The Morgan fingerprint density at radius 1 is 1.58 bits per heavy atom. The van der Waals surface area contributed by atoms with Crippen LogP contribution in [0.3, 0.4) is 0 Å². The summed E-state index contributed by atoms with van der Waals surface area (Å²) in [6.07, 6.45) is 2.75. The maximum absolute atomic E-state index is 6.08. The van der Waals surface area contributed by atoms with Crippen molar-refractivity contribution in [1.29, 1.82) is 0 Å². The number of hydrogen-bond donors (Lipinski definition) is 1. The molecule has 12 heavy (non-hydrogen) atoms. The first-order valence-corrected chi connectivity index (χ1v) is 4.28. The second kappa shape index (κ2) is 3.23. The molecule has 0 saturated heterocycles. The Bertz CT molecular complexity index is 266. The highest BCUT2D eigenvalue weighted by Gasteiger charge is 2.17. The van der Waals surface area contributed by atoms with E-state index in [2.05, 4.69) is 11.9 Å². The summed E-state index contributed by atoms with van der Waals surface area (Å²) in [6, 6.07) is 4.03. The lowest BCUT2D eigenvalue weighted by Gasteiger charge is -2.23. The average Bonchev–Trinajstić information content (AvgIpc) is 2.05. The van der Waals surface area contributed by atoms with E-state index in [-0.39, 0.29) is 5.54 Å². The van der Waals surface area contributed by atoms with E-state index in [1.165, 1.54) is 0 Å². The lowest BCUT2D eigenvalue weighted by atomic mass is 9.91. The Kier molecular flexibility index (Phi) is 2.48. The molecule has 1 atom stereocenters. The van der Waals surface area contributed by atoms with Gasteiger partial charge in [0.2, 0.25) is 0 Å². The molecule has 66 valence electrons. The minimum atomic E-state index is -0.215. The molecule has 1 unspecified atom stereocenters.